The molecule has 2 fully saturated rings. The zero-order chi connectivity index (χ0) is 12.3. The minimum atomic E-state index is -3.01. The van der Waals surface area contributed by atoms with Gasteiger partial charge in [0.15, 0.2) is 0 Å². The molecule has 6 heteroatoms. The molecule has 0 saturated carbocycles. The second-order valence-electron chi connectivity index (χ2n) is 4.95. The third-order valence-corrected chi connectivity index (χ3v) is 4.84. The second-order valence-corrected chi connectivity index (χ2v) is 6.93. The molecular formula is C11H22N2O3S. The zero-order valence-electron chi connectivity index (χ0n) is 10.4. The van der Waals surface area contributed by atoms with Gasteiger partial charge in [0, 0.05) is 13.1 Å². The van der Waals surface area contributed by atoms with Crippen LogP contribution in [-0.4, -0.2) is 57.4 Å². The van der Waals surface area contributed by atoms with Gasteiger partial charge in [-0.3, -0.25) is 0 Å². The molecule has 2 heterocycles. The quantitative estimate of drug-likeness (QED) is 0.788. The molecule has 0 unspecified atom stereocenters. The highest BCUT2D eigenvalue weighted by Gasteiger charge is 2.27. The zero-order valence-corrected chi connectivity index (χ0v) is 11.2. The topological polar surface area (TPSA) is 58.6 Å². The van der Waals surface area contributed by atoms with Gasteiger partial charge in [-0.2, -0.15) is 0 Å². The van der Waals surface area contributed by atoms with Crippen LogP contribution in [0.2, 0.25) is 0 Å². The predicted octanol–water partition coefficient (Wildman–Crippen LogP) is 0.179. The van der Waals surface area contributed by atoms with E-state index in [2.05, 4.69) is 5.32 Å². The summed E-state index contributed by atoms with van der Waals surface area (Å²) in [6.07, 6.45) is 5.70. The average Bonchev–Trinajstić information content (AvgIpc) is 2.30. The van der Waals surface area contributed by atoms with Crippen LogP contribution in [0.4, 0.5) is 0 Å². The molecule has 0 aromatic carbocycles. The first-order chi connectivity index (χ1) is 8.05. The van der Waals surface area contributed by atoms with Crippen LogP contribution in [0.1, 0.15) is 25.7 Å². The minimum Gasteiger partial charge on any atom is -0.375 e. The van der Waals surface area contributed by atoms with Crippen LogP contribution < -0.4 is 5.32 Å². The number of hydrogen-bond acceptors (Lipinski definition) is 4. The highest BCUT2D eigenvalue weighted by atomic mass is 32.2. The molecule has 100 valence electrons. The van der Waals surface area contributed by atoms with Crippen molar-refractivity contribution < 1.29 is 13.2 Å². The van der Waals surface area contributed by atoms with Crippen LogP contribution in [0.5, 0.6) is 0 Å². The first-order valence-corrected chi connectivity index (χ1v) is 8.22. The van der Waals surface area contributed by atoms with Gasteiger partial charge in [0.25, 0.3) is 0 Å². The molecule has 0 amide bonds. The Morgan fingerprint density at radius 2 is 1.59 bits per heavy atom. The second kappa shape index (κ2) is 5.65. The number of nitrogens with zero attached hydrogens (tertiary/aromatic N) is 1. The number of ether oxygens (including phenoxy) is 1. The van der Waals surface area contributed by atoms with E-state index in [-0.39, 0.29) is 6.10 Å². The maximum absolute atomic E-state index is 11.4. The predicted molar refractivity (Wildman–Crippen MR) is 66.4 cm³/mol. The summed E-state index contributed by atoms with van der Waals surface area (Å²) in [4.78, 5) is 0. The Labute approximate surface area is 104 Å². The van der Waals surface area contributed by atoms with Crippen molar-refractivity contribution >= 4 is 10.0 Å². The molecule has 0 aromatic heterocycles. The molecule has 0 aliphatic carbocycles. The molecule has 2 rings (SSSR count). The minimum absolute atomic E-state index is 0.246. The van der Waals surface area contributed by atoms with Crippen molar-refractivity contribution in [2.24, 2.45) is 0 Å². The molecule has 2 saturated heterocycles. The molecule has 17 heavy (non-hydrogen) atoms. The summed E-state index contributed by atoms with van der Waals surface area (Å²) in [7, 11) is -3.01. The van der Waals surface area contributed by atoms with Crippen molar-refractivity contribution in [1.29, 1.82) is 0 Å². The van der Waals surface area contributed by atoms with Gasteiger partial charge in [-0.05, 0) is 38.8 Å². The fourth-order valence-electron chi connectivity index (χ4n) is 2.50. The van der Waals surface area contributed by atoms with Crippen LogP contribution in [0.25, 0.3) is 0 Å². The molecule has 0 bridgehead atoms. The smallest absolute Gasteiger partial charge is 0.211 e. The Bertz CT molecular complexity index is 331. The third-order valence-electron chi connectivity index (χ3n) is 3.54. The van der Waals surface area contributed by atoms with E-state index < -0.39 is 10.0 Å². The lowest BCUT2D eigenvalue weighted by Gasteiger charge is -2.33. The van der Waals surface area contributed by atoms with Gasteiger partial charge in [0.2, 0.25) is 10.0 Å². The lowest BCUT2D eigenvalue weighted by atomic mass is 10.1. The fraction of sp³-hybridized carbons (Fsp3) is 1.00. The molecule has 2 aliphatic rings. The van der Waals surface area contributed by atoms with E-state index in [1.54, 1.807) is 4.31 Å². The van der Waals surface area contributed by atoms with Crippen molar-refractivity contribution in [3.05, 3.63) is 0 Å². The summed E-state index contributed by atoms with van der Waals surface area (Å²) in [5.41, 5.74) is 0. The number of rotatable bonds is 3. The first-order valence-electron chi connectivity index (χ1n) is 6.37. The van der Waals surface area contributed by atoms with Gasteiger partial charge in [-0.1, -0.05) is 0 Å². The number of piperidine rings is 2. The average molecular weight is 262 g/mol. The molecule has 2 aliphatic heterocycles. The van der Waals surface area contributed by atoms with Gasteiger partial charge in [0.1, 0.15) is 0 Å². The molecule has 0 atom stereocenters. The van der Waals surface area contributed by atoms with E-state index >= 15 is 0 Å². The lowest BCUT2D eigenvalue weighted by Crippen LogP contribution is -2.42. The largest absolute Gasteiger partial charge is 0.375 e. The SMILES string of the molecule is CS(=O)(=O)N1CCC(OC2CCNCC2)CC1. The summed E-state index contributed by atoms with van der Waals surface area (Å²) in [5, 5.41) is 3.31. The van der Waals surface area contributed by atoms with E-state index in [1.165, 1.54) is 6.26 Å². The van der Waals surface area contributed by atoms with Crippen molar-refractivity contribution in [2.75, 3.05) is 32.4 Å². The summed E-state index contributed by atoms with van der Waals surface area (Å²) in [6, 6.07) is 0. The number of nitrogens with one attached hydrogen (secondary N) is 1. The van der Waals surface area contributed by atoms with Gasteiger partial charge in [-0.15, -0.1) is 0 Å². The van der Waals surface area contributed by atoms with E-state index in [1.807, 2.05) is 0 Å². The molecular weight excluding hydrogens is 240 g/mol. The number of hydrogen-bond donors (Lipinski definition) is 1. The van der Waals surface area contributed by atoms with Crippen LogP contribution in [0, 0.1) is 0 Å². The van der Waals surface area contributed by atoms with Crippen molar-refractivity contribution in [2.45, 2.75) is 37.9 Å². The van der Waals surface area contributed by atoms with E-state index in [0.717, 1.165) is 38.8 Å². The maximum atomic E-state index is 11.4. The van der Waals surface area contributed by atoms with Crippen LogP contribution in [0.3, 0.4) is 0 Å². The Hall–Kier alpha value is -0.170. The molecule has 1 N–H and O–H groups in total. The Balaban J connectivity index is 1.75. The van der Waals surface area contributed by atoms with Gasteiger partial charge >= 0.3 is 0 Å². The van der Waals surface area contributed by atoms with Crippen molar-refractivity contribution in [3.63, 3.8) is 0 Å². The summed E-state index contributed by atoms with van der Waals surface area (Å²) in [6.45, 7) is 3.28. The van der Waals surface area contributed by atoms with Gasteiger partial charge < -0.3 is 10.1 Å². The summed E-state index contributed by atoms with van der Waals surface area (Å²) < 4.78 is 30.3. The summed E-state index contributed by atoms with van der Waals surface area (Å²) in [5.74, 6) is 0. The van der Waals surface area contributed by atoms with Crippen LogP contribution in [0.15, 0.2) is 0 Å². The van der Waals surface area contributed by atoms with Crippen molar-refractivity contribution in [3.8, 4) is 0 Å². The Morgan fingerprint density at radius 1 is 1.06 bits per heavy atom. The first kappa shape index (κ1) is 13.3. The molecule has 0 radical (unpaired) electrons. The highest BCUT2D eigenvalue weighted by molar-refractivity contribution is 7.88. The van der Waals surface area contributed by atoms with E-state index in [4.69, 9.17) is 4.74 Å². The molecule has 0 spiro atoms. The monoisotopic (exact) mass is 262 g/mol. The maximum Gasteiger partial charge on any atom is 0.211 e. The Morgan fingerprint density at radius 3 is 2.12 bits per heavy atom. The number of sulfonamides is 1. The van der Waals surface area contributed by atoms with E-state index in [9.17, 15) is 8.42 Å². The fourth-order valence-corrected chi connectivity index (χ4v) is 3.38. The standard InChI is InChI=1S/C11H22N2O3S/c1-17(14,15)13-8-4-11(5-9-13)16-10-2-6-12-7-3-10/h10-12H,2-9H2,1H3. The molecule has 0 aromatic rings. The van der Waals surface area contributed by atoms with Crippen molar-refractivity contribution in [1.82, 2.24) is 9.62 Å². The van der Waals surface area contributed by atoms with E-state index in [0.29, 0.717) is 19.2 Å². The van der Waals surface area contributed by atoms with Crippen LogP contribution >= 0.6 is 0 Å². The highest BCUT2D eigenvalue weighted by Crippen LogP contribution is 2.20. The third kappa shape index (κ3) is 3.91. The normalized spacial score (nSPS) is 26.2. The summed E-state index contributed by atoms with van der Waals surface area (Å²) >= 11 is 0. The van der Waals surface area contributed by atoms with Gasteiger partial charge in [-0.25, -0.2) is 12.7 Å². The Kier molecular flexibility index (Phi) is 4.41. The van der Waals surface area contributed by atoms with Gasteiger partial charge in [0.05, 0.1) is 18.5 Å². The van der Waals surface area contributed by atoms with Crippen LogP contribution in [-0.2, 0) is 14.8 Å². The molecule has 5 nitrogen and oxygen atoms in total. The lowest BCUT2D eigenvalue weighted by molar-refractivity contribution is -0.0456.